The predicted octanol–water partition coefficient (Wildman–Crippen LogP) is 3.09. The number of thiazole rings is 1. The van der Waals surface area contributed by atoms with Crippen LogP contribution in [0, 0.1) is 0 Å². The molecule has 1 aromatic heterocycles. The van der Waals surface area contributed by atoms with E-state index in [-0.39, 0.29) is 0 Å². The molecule has 2 heterocycles. The van der Waals surface area contributed by atoms with Crippen LogP contribution in [-0.2, 0) is 10.0 Å². The van der Waals surface area contributed by atoms with Crippen molar-refractivity contribution >= 4 is 43.3 Å². The van der Waals surface area contributed by atoms with Gasteiger partial charge < -0.3 is 0 Å². The van der Waals surface area contributed by atoms with Gasteiger partial charge in [-0.3, -0.25) is 4.72 Å². The molecule has 0 aliphatic carbocycles. The van der Waals surface area contributed by atoms with Gasteiger partial charge in [-0.2, -0.15) is 0 Å². The summed E-state index contributed by atoms with van der Waals surface area (Å²) in [7, 11) is -3.45. The first-order valence-electron chi connectivity index (χ1n) is 6.33. The fraction of sp³-hybridized carbons (Fsp3) is 0. The van der Waals surface area contributed by atoms with E-state index >= 15 is 0 Å². The normalized spacial score (nSPS) is 17.8. The maximum absolute atomic E-state index is 12.1. The van der Waals surface area contributed by atoms with Crippen molar-refractivity contribution < 1.29 is 8.42 Å². The molecule has 1 N–H and O–H groups in total. The Kier molecular flexibility index (Phi) is 2.63. The average Bonchev–Trinajstić information content (AvgIpc) is 2.98. The lowest BCUT2D eigenvalue weighted by molar-refractivity contribution is 0.594. The first kappa shape index (κ1) is 12.6. The van der Waals surface area contributed by atoms with E-state index in [1.165, 1.54) is 11.3 Å². The zero-order chi connectivity index (χ0) is 14.4. The van der Waals surface area contributed by atoms with Crippen LogP contribution in [0.25, 0.3) is 22.0 Å². The van der Waals surface area contributed by atoms with Gasteiger partial charge in [-0.15, -0.1) is 11.3 Å². The molecule has 0 radical (unpaired) electrons. The van der Waals surface area contributed by atoms with Crippen molar-refractivity contribution in [1.29, 1.82) is 0 Å². The number of nitrogens with zero attached hydrogens (tertiary/aromatic N) is 1. The minimum absolute atomic E-state index is 0.317. The van der Waals surface area contributed by atoms with E-state index in [0.717, 1.165) is 15.2 Å². The maximum atomic E-state index is 12.1. The second-order valence-corrected chi connectivity index (χ2v) is 7.39. The smallest absolute Gasteiger partial charge is 0.262 e. The van der Waals surface area contributed by atoms with Crippen LogP contribution < -0.4 is 4.72 Å². The molecule has 3 aromatic rings. The fourth-order valence-electron chi connectivity index (χ4n) is 2.36. The third-order valence-electron chi connectivity index (χ3n) is 3.29. The molecule has 0 fully saturated rings. The van der Waals surface area contributed by atoms with Crippen LogP contribution in [0.1, 0.15) is 10.6 Å². The van der Waals surface area contributed by atoms with Gasteiger partial charge in [0.25, 0.3) is 10.0 Å². The van der Waals surface area contributed by atoms with Gasteiger partial charge in [0.2, 0.25) is 0 Å². The Hall–Kier alpha value is -2.18. The van der Waals surface area contributed by atoms with Crippen LogP contribution in [0.5, 0.6) is 0 Å². The Morgan fingerprint density at radius 2 is 1.81 bits per heavy atom. The average molecular weight is 314 g/mol. The highest BCUT2D eigenvalue weighted by molar-refractivity contribution is 7.90. The number of aromatic nitrogens is 1. The Bertz CT molecular complexity index is 955. The van der Waals surface area contributed by atoms with Gasteiger partial charge in [0.05, 0.1) is 20.8 Å². The lowest BCUT2D eigenvalue weighted by Crippen LogP contribution is -2.13. The summed E-state index contributed by atoms with van der Waals surface area (Å²) in [6.07, 6.45) is 1.79. The van der Waals surface area contributed by atoms with Crippen LogP contribution >= 0.6 is 11.3 Å². The molecule has 2 aromatic carbocycles. The Labute approximate surface area is 125 Å². The molecule has 0 saturated heterocycles. The number of hydrogen-bond donors (Lipinski definition) is 1. The molecule has 1 aliphatic heterocycles. The van der Waals surface area contributed by atoms with Crippen LogP contribution in [0.15, 0.2) is 53.4 Å². The molecule has 0 atom stereocenters. The summed E-state index contributed by atoms with van der Waals surface area (Å²) >= 11 is 1.54. The van der Waals surface area contributed by atoms with E-state index in [9.17, 15) is 8.42 Å². The molecule has 0 amide bonds. The van der Waals surface area contributed by atoms with Gasteiger partial charge in [-0.05, 0) is 24.3 Å². The monoisotopic (exact) mass is 314 g/mol. The van der Waals surface area contributed by atoms with Crippen LogP contribution in [-0.4, -0.2) is 13.4 Å². The first-order valence-corrected chi connectivity index (χ1v) is 8.63. The van der Waals surface area contributed by atoms with Crippen molar-refractivity contribution in [3.63, 3.8) is 0 Å². The van der Waals surface area contributed by atoms with Gasteiger partial charge >= 0.3 is 0 Å². The summed E-state index contributed by atoms with van der Waals surface area (Å²) in [6, 6.07) is 14.8. The highest BCUT2D eigenvalue weighted by Crippen LogP contribution is 2.32. The van der Waals surface area contributed by atoms with Gasteiger partial charge in [0.15, 0.2) is 0 Å². The molecule has 0 bridgehead atoms. The topological polar surface area (TPSA) is 59.1 Å². The minimum Gasteiger partial charge on any atom is -0.279 e. The largest absolute Gasteiger partial charge is 0.279 e. The standard InChI is InChI=1S/C15H10N2O2S2/c18-21(19)14-8-4-1-5-10(14)12(17-21)9-15-16-11-6-2-3-7-13(11)20-15/h1-9,17H/b12-9-. The van der Waals surface area contributed by atoms with Crippen molar-refractivity contribution in [2.24, 2.45) is 0 Å². The quantitative estimate of drug-likeness (QED) is 0.751. The fourth-order valence-corrected chi connectivity index (χ4v) is 4.57. The number of para-hydroxylation sites is 1. The molecular weight excluding hydrogens is 304 g/mol. The number of nitrogens with one attached hydrogen (secondary N) is 1. The number of fused-ring (bicyclic) bond motifs is 2. The van der Waals surface area contributed by atoms with Gasteiger partial charge in [-0.1, -0.05) is 30.3 Å². The van der Waals surface area contributed by atoms with Crippen molar-refractivity contribution in [3.8, 4) is 0 Å². The summed E-state index contributed by atoms with van der Waals surface area (Å²) in [5.41, 5.74) is 2.19. The van der Waals surface area contributed by atoms with Crippen LogP contribution in [0.2, 0.25) is 0 Å². The van der Waals surface area contributed by atoms with Crippen molar-refractivity contribution in [1.82, 2.24) is 9.71 Å². The Morgan fingerprint density at radius 1 is 1.05 bits per heavy atom. The molecule has 6 heteroatoms. The molecule has 21 heavy (non-hydrogen) atoms. The van der Waals surface area contributed by atoms with Gasteiger partial charge in [0, 0.05) is 5.56 Å². The van der Waals surface area contributed by atoms with Crippen molar-refractivity contribution in [2.45, 2.75) is 4.90 Å². The highest BCUT2D eigenvalue weighted by Gasteiger charge is 2.28. The number of sulfonamides is 1. The second-order valence-electron chi connectivity index (χ2n) is 4.68. The van der Waals surface area contributed by atoms with Gasteiger partial charge in [0.1, 0.15) is 5.01 Å². The number of hydrogen-bond acceptors (Lipinski definition) is 4. The third-order valence-corrected chi connectivity index (χ3v) is 5.70. The summed E-state index contributed by atoms with van der Waals surface area (Å²) in [5.74, 6) is 0. The molecule has 0 unspecified atom stereocenters. The van der Waals surface area contributed by atoms with E-state index in [0.29, 0.717) is 16.2 Å². The number of rotatable bonds is 1. The molecule has 104 valence electrons. The molecule has 1 aliphatic rings. The van der Waals surface area contributed by atoms with Crippen molar-refractivity contribution in [2.75, 3.05) is 0 Å². The van der Waals surface area contributed by atoms with Crippen LogP contribution in [0.4, 0.5) is 0 Å². The summed E-state index contributed by atoms with van der Waals surface area (Å²) < 4.78 is 27.8. The third kappa shape index (κ3) is 2.03. The molecule has 4 rings (SSSR count). The lowest BCUT2D eigenvalue weighted by Gasteiger charge is -1.96. The Morgan fingerprint density at radius 3 is 2.67 bits per heavy atom. The zero-order valence-corrected chi connectivity index (χ0v) is 12.4. The van der Waals surface area contributed by atoms with E-state index < -0.39 is 10.0 Å². The highest BCUT2D eigenvalue weighted by atomic mass is 32.2. The SMILES string of the molecule is O=S1(=O)N/C(=C\c2nc3ccccc3s2)c2ccccc21. The van der Waals surface area contributed by atoms with E-state index in [1.807, 2.05) is 30.3 Å². The van der Waals surface area contributed by atoms with Crippen molar-refractivity contribution in [3.05, 3.63) is 59.1 Å². The summed E-state index contributed by atoms with van der Waals surface area (Å²) in [4.78, 5) is 4.82. The Balaban J connectivity index is 1.87. The molecule has 4 nitrogen and oxygen atoms in total. The maximum Gasteiger partial charge on any atom is 0.262 e. The lowest BCUT2D eigenvalue weighted by atomic mass is 10.1. The molecular formula is C15H10N2O2S2. The summed E-state index contributed by atoms with van der Waals surface area (Å²) in [5, 5.41) is 0.783. The molecule has 0 saturated carbocycles. The van der Waals surface area contributed by atoms with Gasteiger partial charge in [-0.25, -0.2) is 13.4 Å². The number of benzene rings is 2. The van der Waals surface area contributed by atoms with E-state index in [4.69, 9.17) is 0 Å². The van der Waals surface area contributed by atoms with E-state index in [2.05, 4.69) is 9.71 Å². The predicted molar refractivity (Wildman–Crippen MR) is 84.3 cm³/mol. The minimum atomic E-state index is -3.45. The summed E-state index contributed by atoms with van der Waals surface area (Å²) in [6.45, 7) is 0. The molecule has 0 spiro atoms. The first-order chi connectivity index (χ1) is 10.1. The van der Waals surface area contributed by atoms with E-state index in [1.54, 1.807) is 24.3 Å². The second kappa shape index (κ2) is 4.41. The zero-order valence-electron chi connectivity index (χ0n) is 10.8. The van der Waals surface area contributed by atoms with Crippen LogP contribution in [0.3, 0.4) is 0 Å².